The number of alkyl halides is 5. The average molecular weight is 693 g/mol. The second kappa shape index (κ2) is 13.6. The topological polar surface area (TPSA) is 18.5 Å². The van der Waals surface area contributed by atoms with Crippen molar-refractivity contribution in [2.45, 2.75) is 25.3 Å². The average Bonchev–Trinajstić information content (AvgIpc) is 2.92. The van der Waals surface area contributed by atoms with Gasteiger partial charge >= 0.3 is 12.5 Å². The molecule has 4 rings (SSSR count). The molecular formula is C32H16Cl2F10O2. The van der Waals surface area contributed by atoms with E-state index in [4.69, 9.17) is 23.2 Å². The Morgan fingerprint density at radius 2 is 1.30 bits per heavy atom. The Balaban J connectivity index is 1.57. The predicted molar refractivity (Wildman–Crippen MR) is 150 cm³/mol. The number of rotatable bonds is 8. The quantitative estimate of drug-likeness (QED) is 0.104. The van der Waals surface area contributed by atoms with E-state index in [1.807, 2.05) is 0 Å². The van der Waals surface area contributed by atoms with Gasteiger partial charge in [0.1, 0.15) is 40.4 Å². The minimum Gasteiger partial charge on any atom is -0.429 e. The van der Waals surface area contributed by atoms with Crippen molar-refractivity contribution in [3.8, 4) is 34.5 Å². The van der Waals surface area contributed by atoms with E-state index in [2.05, 4.69) is 27.9 Å². The molecule has 0 amide bonds. The first-order valence-electron chi connectivity index (χ1n) is 12.7. The highest BCUT2D eigenvalue weighted by Gasteiger charge is 2.41. The van der Waals surface area contributed by atoms with Gasteiger partial charge in [-0.15, -0.1) is 19.8 Å². The van der Waals surface area contributed by atoms with Crippen LogP contribution in [0.15, 0.2) is 67.3 Å². The van der Waals surface area contributed by atoms with Crippen LogP contribution in [0, 0.1) is 40.9 Å². The van der Waals surface area contributed by atoms with E-state index < -0.39 is 85.4 Å². The molecule has 0 atom stereocenters. The fourth-order valence-corrected chi connectivity index (χ4v) is 4.72. The van der Waals surface area contributed by atoms with E-state index in [0.717, 1.165) is 36.4 Å². The molecule has 0 aliphatic carbocycles. The SMILES string of the molecule is C=CCCc1cc(F)c(-c2cc(F)c(C(F)(F)Oc3ccc(C#Cc4cc(Cl)c(OC(F)(F)F)c(Cl)c4)c(F)c3)c(F)c2)c(F)c1. The number of benzene rings is 4. The number of ether oxygens (including phenoxy) is 2. The molecule has 0 aromatic heterocycles. The van der Waals surface area contributed by atoms with Gasteiger partial charge in [-0.25, -0.2) is 22.0 Å². The van der Waals surface area contributed by atoms with Crippen molar-refractivity contribution in [2.24, 2.45) is 0 Å². The summed E-state index contributed by atoms with van der Waals surface area (Å²) in [6.45, 7) is 3.50. The Kier molecular flexibility index (Phi) is 10.2. The first-order valence-corrected chi connectivity index (χ1v) is 13.5. The molecule has 0 saturated carbocycles. The zero-order chi connectivity index (χ0) is 34.0. The zero-order valence-electron chi connectivity index (χ0n) is 22.7. The van der Waals surface area contributed by atoms with Gasteiger partial charge in [0.05, 0.1) is 21.2 Å². The van der Waals surface area contributed by atoms with Crippen molar-refractivity contribution < 1.29 is 53.4 Å². The predicted octanol–water partition coefficient (Wildman–Crippen LogP) is 10.9. The normalized spacial score (nSPS) is 11.6. The Labute approximate surface area is 264 Å². The Morgan fingerprint density at radius 3 is 1.83 bits per heavy atom. The lowest BCUT2D eigenvalue weighted by atomic mass is 9.98. The largest absolute Gasteiger partial charge is 0.573 e. The molecule has 4 aromatic rings. The molecule has 0 saturated heterocycles. The summed E-state index contributed by atoms with van der Waals surface area (Å²) >= 11 is 11.5. The first-order chi connectivity index (χ1) is 21.5. The Bertz CT molecular complexity index is 1810. The molecule has 2 nitrogen and oxygen atoms in total. The van der Waals surface area contributed by atoms with E-state index >= 15 is 0 Å². The molecule has 0 bridgehead atoms. The monoisotopic (exact) mass is 692 g/mol. The third kappa shape index (κ3) is 8.08. The van der Waals surface area contributed by atoms with Gasteiger partial charge in [-0.1, -0.05) is 41.1 Å². The fourth-order valence-electron chi connectivity index (χ4n) is 4.15. The van der Waals surface area contributed by atoms with Crippen molar-refractivity contribution in [1.82, 2.24) is 0 Å². The van der Waals surface area contributed by atoms with E-state index in [9.17, 15) is 43.9 Å². The van der Waals surface area contributed by atoms with E-state index in [-0.39, 0.29) is 17.5 Å². The first kappa shape index (κ1) is 34.5. The summed E-state index contributed by atoms with van der Waals surface area (Å²) in [6.07, 6.45) is -7.66. The van der Waals surface area contributed by atoms with Crippen molar-refractivity contribution in [1.29, 1.82) is 0 Å². The van der Waals surface area contributed by atoms with Gasteiger partial charge in [0, 0.05) is 11.6 Å². The maximum Gasteiger partial charge on any atom is 0.573 e. The number of halogens is 12. The van der Waals surface area contributed by atoms with Gasteiger partial charge in [-0.2, -0.15) is 8.78 Å². The molecule has 0 aliphatic heterocycles. The second-order valence-electron chi connectivity index (χ2n) is 9.40. The zero-order valence-corrected chi connectivity index (χ0v) is 24.3. The highest BCUT2D eigenvalue weighted by atomic mass is 35.5. The lowest BCUT2D eigenvalue weighted by Gasteiger charge is -2.20. The number of hydrogen-bond acceptors (Lipinski definition) is 2. The van der Waals surface area contributed by atoms with Crippen molar-refractivity contribution >= 4 is 23.2 Å². The summed E-state index contributed by atoms with van der Waals surface area (Å²) < 4.78 is 149. The second-order valence-corrected chi connectivity index (χ2v) is 10.2. The van der Waals surface area contributed by atoms with Gasteiger partial charge < -0.3 is 9.47 Å². The minimum absolute atomic E-state index is 0.0615. The van der Waals surface area contributed by atoms with E-state index in [0.29, 0.717) is 24.6 Å². The molecule has 4 aromatic carbocycles. The van der Waals surface area contributed by atoms with Crippen LogP contribution < -0.4 is 9.47 Å². The minimum atomic E-state index is -5.08. The van der Waals surface area contributed by atoms with Crippen LogP contribution in [0.1, 0.15) is 28.7 Å². The maximum atomic E-state index is 14.9. The molecule has 0 unspecified atom stereocenters. The van der Waals surface area contributed by atoms with Crippen LogP contribution in [0.5, 0.6) is 11.5 Å². The lowest BCUT2D eigenvalue weighted by molar-refractivity contribution is -0.274. The van der Waals surface area contributed by atoms with Crippen LogP contribution in [0.4, 0.5) is 43.9 Å². The van der Waals surface area contributed by atoms with Crippen molar-refractivity contribution in [3.63, 3.8) is 0 Å². The Hall–Kier alpha value is -4.34. The third-order valence-electron chi connectivity index (χ3n) is 6.11. The van der Waals surface area contributed by atoms with Crippen molar-refractivity contribution in [2.75, 3.05) is 0 Å². The molecule has 240 valence electrons. The van der Waals surface area contributed by atoms with E-state index in [1.54, 1.807) is 0 Å². The van der Waals surface area contributed by atoms with Gasteiger partial charge in [-0.05, 0) is 72.5 Å². The molecule has 14 heteroatoms. The molecule has 0 heterocycles. The highest BCUT2D eigenvalue weighted by molar-refractivity contribution is 6.37. The number of allylic oxidation sites excluding steroid dienone is 1. The fraction of sp³-hybridized carbons (Fsp3) is 0.125. The van der Waals surface area contributed by atoms with Crippen LogP contribution in [0.25, 0.3) is 11.1 Å². The molecule has 0 N–H and O–H groups in total. The maximum absolute atomic E-state index is 14.9. The summed E-state index contributed by atoms with van der Waals surface area (Å²) in [5.74, 6) is -4.47. The summed E-state index contributed by atoms with van der Waals surface area (Å²) in [7, 11) is 0. The summed E-state index contributed by atoms with van der Waals surface area (Å²) in [5, 5.41) is -1.11. The molecule has 0 fully saturated rings. The van der Waals surface area contributed by atoms with Gasteiger partial charge in [0.25, 0.3) is 0 Å². The molecule has 0 aliphatic rings. The number of hydrogen-bond donors (Lipinski definition) is 0. The van der Waals surface area contributed by atoms with Gasteiger partial charge in [0.2, 0.25) is 0 Å². The third-order valence-corrected chi connectivity index (χ3v) is 6.67. The molecule has 0 radical (unpaired) electrons. The standard InChI is InChI=1S/C32H16Cl2F10O2/c1-2-3-4-16-11-24(36)28(25(37)12-16)19-13-26(38)29(27(39)14-19)31(40,41)45-20-8-7-18(23(35)15-20)6-5-17-9-21(33)30(22(34)10-17)46-32(42,43)44/h2,7-15H,1,3-4H2. The highest BCUT2D eigenvalue weighted by Crippen LogP contribution is 2.39. The van der Waals surface area contributed by atoms with Gasteiger partial charge in [0.15, 0.2) is 5.75 Å². The van der Waals surface area contributed by atoms with E-state index in [1.165, 1.54) is 6.08 Å². The van der Waals surface area contributed by atoms with Crippen molar-refractivity contribution in [3.05, 3.63) is 129 Å². The summed E-state index contributed by atoms with van der Waals surface area (Å²) in [5.41, 5.74) is -3.67. The molecule has 46 heavy (non-hydrogen) atoms. The van der Waals surface area contributed by atoms with Crippen LogP contribution >= 0.6 is 23.2 Å². The summed E-state index contributed by atoms with van der Waals surface area (Å²) in [6, 6.07) is 6.50. The van der Waals surface area contributed by atoms with Crippen LogP contribution in [-0.2, 0) is 12.5 Å². The lowest BCUT2D eigenvalue weighted by Crippen LogP contribution is -2.25. The Morgan fingerprint density at radius 1 is 0.717 bits per heavy atom. The summed E-state index contributed by atoms with van der Waals surface area (Å²) in [4.78, 5) is 0. The van der Waals surface area contributed by atoms with Crippen LogP contribution in [0.2, 0.25) is 10.0 Å². The smallest absolute Gasteiger partial charge is 0.429 e. The van der Waals surface area contributed by atoms with Gasteiger partial charge in [-0.3, -0.25) is 0 Å². The molecular weight excluding hydrogens is 677 g/mol. The number of aryl methyl sites for hydroxylation is 1. The van der Waals surface area contributed by atoms with Crippen LogP contribution in [-0.4, -0.2) is 6.36 Å². The molecule has 0 spiro atoms. The van der Waals surface area contributed by atoms with Crippen LogP contribution in [0.3, 0.4) is 0 Å².